The summed E-state index contributed by atoms with van der Waals surface area (Å²) in [7, 11) is 1.88. The second-order valence-corrected chi connectivity index (χ2v) is 5.43. The van der Waals surface area contributed by atoms with Crippen LogP contribution in [0.4, 0.5) is 5.95 Å². The van der Waals surface area contributed by atoms with Crippen molar-refractivity contribution >= 4 is 5.95 Å². The molecule has 2 atom stereocenters. The van der Waals surface area contributed by atoms with Crippen LogP contribution < -0.4 is 4.90 Å². The maximum atomic E-state index is 4.67. The summed E-state index contributed by atoms with van der Waals surface area (Å²) in [6, 6.07) is 2.53. The van der Waals surface area contributed by atoms with Gasteiger partial charge >= 0.3 is 0 Å². The minimum atomic E-state index is 0.639. The van der Waals surface area contributed by atoms with Gasteiger partial charge in [-0.3, -0.25) is 0 Å². The molecule has 2 fully saturated rings. The van der Waals surface area contributed by atoms with Gasteiger partial charge in [0, 0.05) is 25.8 Å². The Hall–Kier alpha value is -1.98. The summed E-state index contributed by atoms with van der Waals surface area (Å²) in [6.07, 6.45) is 7.32. The third-order valence-corrected chi connectivity index (χ3v) is 4.25. The molecule has 0 spiro atoms. The summed E-state index contributed by atoms with van der Waals surface area (Å²) in [6.45, 7) is 1.10. The van der Waals surface area contributed by atoms with Crippen molar-refractivity contribution in [2.45, 2.75) is 25.3 Å². The zero-order valence-electron chi connectivity index (χ0n) is 10.9. The van der Waals surface area contributed by atoms with Gasteiger partial charge in [-0.25, -0.2) is 19.6 Å². The Bertz CT molecular complexity index is 607. The van der Waals surface area contributed by atoms with Crippen LogP contribution in [0.25, 0.3) is 11.5 Å². The molecule has 0 unspecified atom stereocenters. The SMILES string of the molecule is Cn1ncnc1-c1ccnc(N2C[C@@H]3CC[C@@H]2C3)n1. The van der Waals surface area contributed by atoms with Crippen molar-refractivity contribution in [1.29, 1.82) is 0 Å². The van der Waals surface area contributed by atoms with Crippen LogP contribution in [0.3, 0.4) is 0 Å². The van der Waals surface area contributed by atoms with E-state index in [2.05, 4.69) is 25.0 Å². The Morgan fingerprint density at radius 3 is 2.89 bits per heavy atom. The van der Waals surface area contributed by atoms with Crippen molar-refractivity contribution in [2.24, 2.45) is 13.0 Å². The van der Waals surface area contributed by atoms with Crippen molar-refractivity contribution in [2.75, 3.05) is 11.4 Å². The van der Waals surface area contributed by atoms with E-state index in [1.54, 1.807) is 11.0 Å². The number of fused-ring (bicyclic) bond motifs is 2. The topological polar surface area (TPSA) is 59.7 Å². The molecule has 6 nitrogen and oxygen atoms in total. The minimum absolute atomic E-state index is 0.639. The van der Waals surface area contributed by atoms with E-state index in [4.69, 9.17) is 0 Å². The molecule has 1 aliphatic carbocycles. The first-order valence-electron chi connectivity index (χ1n) is 6.75. The second-order valence-electron chi connectivity index (χ2n) is 5.43. The second kappa shape index (κ2) is 4.01. The van der Waals surface area contributed by atoms with Crippen molar-refractivity contribution in [1.82, 2.24) is 24.7 Å². The van der Waals surface area contributed by atoms with Gasteiger partial charge in [-0.2, -0.15) is 5.10 Å². The normalized spacial score (nSPS) is 25.2. The largest absolute Gasteiger partial charge is 0.338 e. The molecule has 2 bridgehead atoms. The van der Waals surface area contributed by atoms with Crippen LogP contribution in [-0.4, -0.2) is 37.3 Å². The average molecular weight is 256 g/mol. The highest BCUT2D eigenvalue weighted by molar-refractivity contribution is 5.51. The molecule has 0 N–H and O–H groups in total. The summed E-state index contributed by atoms with van der Waals surface area (Å²) < 4.78 is 1.74. The van der Waals surface area contributed by atoms with E-state index in [-0.39, 0.29) is 0 Å². The first kappa shape index (κ1) is 10.9. The van der Waals surface area contributed by atoms with E-state index >= 15 is 0 Å². The van der Waals surface area contributed by atoms with Crippen molar-refractivity contribution in [3.8, 4) is 11.5 Å². The van der Waals surface area contributed by atoms with Crippen LogP contribution >= 0.6 is 0 Å². The molecule has 2 aromatic heterocycles. The number of rotatable bonds is 2. The molecule has 98 valence electrons. The van der Waals surface area contributed by atoms with Crippen LogP contribution in [0, 0.1) is 5.92 Å². The molecule has 2 aliphatic rings. The quantitative estimate of drug-likeness (QED) is 0.809. The van der Waals surface area contributed by atoms with E-state index in [1.807, 2.05) is 19.3 Å². The summed E-state index contributed by atoms with van der Waals surface area (Å²) in [5.74, 6) is 2.47. The minimum Gasteiger partial charge on any atom is -0.338 e. The van der Waals surface area contributed by atoms with Gasteiger partial charge in [0.1, 0.15) is 12.0 Å². The Morgan fingerprint density at radius 2 is 2.21 bits per heavy atom. The molecule has 3 heterocycles. The highest BCUT2D eigenvalue weighted by Crippen LogP contribution is 2.39. The van der Waals surface area contributed by atoms with Crippen molar-refractivity contribution in [3.05, 3.63) is 18.6 Å². The zero-order valence-corrected chi connectivity index (χ0v) is 10.9. The highest BCUT2D eigenvalue weighted by Gasteiger charge is 2.39. The lowest BCUT2D eigenvalue weighted by Crippen LogP contribution is -2.33. The van der Waals surface area contributed by atoms with E-state index in [0.717, 1.165) is 29.9 Å². The fourth-order valence-electron chi connectivity index (χ4n) is 3.31. The molecule has 1 aliphatic heterocycles. The van der Waals surface area contributed by atoms with Gasteiger partial charge in [-0.15, -0.1) is 0 Å². The molecule has 6 heteroatoms. The van der Waals surface area contributed by atoms with E-state index in [9.17, 15) is 0 Å². The Balaban J connectivity index is 1.69. The fraction of sp³-hybridized carbons (Fsp3) is 0.538. The number of hydrogen-bond donors (Lipinski definition) is 0. The Labute approximate surface area is 111 Å². The summed E-state index contributed by atoms with van der Waals surface area (Å²) >= 11 is 0. The Morgan fingerprint density at radius 1 is 1.26 bits per heavy atom. The molecule has 1 saturated heterocycles. The lowest BCUT2D eigenvalue weighted by atomic mass is 10.1. The van der Waals surface area contributed by atoms with E-state index < -0.39 is 0 Å². The van der Waals surface area contributed by atoms with Crippen LogP contribution in [0.5, 0.6) is 0 Å². The third-order valence-electron chi connectivity index (χ3n) is 4.25. The number of anilines is 1. The van der Waals surface area contributed by atoms with E-state index in [0.29, 0.717) is 6.04 Å². The lowest BCUT2D eigenvalue weighted by molar-refractivity contribution is 0.546. The third kappa shape index (κ3) is 1.70. The zero-order chi connectivity index (χ0) is 12.8. The first-order valence-corrected chi connectivity index (χ1v) is 6.75. The maximum Gasteiger partial charge on any atom is 0.226 e. The molecular weight excluding hydrogens is 240 g/mol. The number of nitrogens with zero attached hydrogens (tertiary/aromatic N) is 6. The Kier molecular flexibility index (Phi) is 2.30. The highest BCUT2D eigenvalue weighted by atomic mass is 15.3. The number of aryl methyl sites for hydroxylation is 1. The van der Waals surface area contributed by atoms with Crippen LogP contribution in [0.1, 0.15) is 19.3 Å². The molecule has 19 heavy (non-hydrogen) atoms. The molecule has 1 saturated carbocycles. The predicted octanol–water partition coefficient (Wildman–Crippen LogP) is 1.26. The average Bonchev–Trinajstić information content (AvgIpc) is 3.14. The lowest BCUT2D eigenvalue weighted by Gasteiger charge is -2.26. The van der Waals surface area contributed by atoms with Crippen LogP contribution in [-0.2, 0) is 7.05 Å². The van der Waals surface area contributed by atoms with Crippen LogP contribution in [0.2, 0.25) is 0 Å². The fourth-order valence-corrected chi connectivity index (χ4v) is 3.31. The summed E-state index contributed by atoms with van der Waals surface area (Å²) in [5.41, 5.74) is 0.841. The molecule has 2 aromatic rings. The smallest absolute Gasteiger partial charge is 0.226 e. The van der Waals surface area contributed by atoms with Gasteiger partial charge in [0.05, 0.1) is 0 Å². The van der Waals surface area contributed by atoms with Crippen molar-refractivity contribution < 1.29 is 0 Å². The maximum absolute atomic E-state index is 4.67. The van der Waals surface area contributed by atoms with Crippen LogP contribution in [0.15, 0.2) is 18.6 Å². The number of hydrogen-bond acceptors (Lipinski definition) is 5. The molecular formula is C13H16N6. The summed E-state index contributed by atoms with van der Waals surface area (Å²) in [5, 5.41) is 4.09. The standard InChI is InChI=1S/C13H16N6/c1-18-12(15-8-16-18)11-4-5-14-13(17-11)19-7-9-2-3-10(19)6-9/h4-5,8-10H,2-3,6-7H2,1H3/t9-,10-/m1/s1. The van der Waals surface area contributed by atoms with E-state index in [1.165, 1.54) is 19.3 Å². The van der Waals surface area contributed by atoms with Gasteiger partial charge < -0.3 is 4.90 Å². The predicted molar refractivity (Wildman–Crippen MR) is 70.5 cm³/mol. The van der Waals surface area contributed by atoms with Gasteiger partial charge in [0.15, 0.2) is 5.82 Å². The summed E-state index contributed by atoms with van der Waals surface area (Å²) in [4.78, 5) is 15.7. The molecule has 0 radical (unpaired) electrons. The van der Waals surface area contributed by atoms with Crippen molar-refractivity contribution in [3.63, 3.8) is 0 Å². The van der Waals surface area contributed by atoms with Gasteiger partial charge in [-0.1, -0.05) is 0 Å². The first-order chi connectivity index (χ1) is 9.31. The van der Waals surface area contributed by atoms with Gasteiger partial charge in [-0.05, 0) is 31.2 Å². The molecule has 0 aromatic carbocycles. The number of piperidine rings is 1. The van der Waals surface area contributed by atoms with Gasteiger partial charge in [0.25, 0.3) is 0 Å². The van der Waals surface area contributed by atoms with Gasteiger partial charge in [0.2, 0.25) is 5.95 Å². The number of aromatic nitrogens is 5. The molecule has 0 amide bonds. The monoisotopic (exact) mass is 256 g/mol. The molecule has 4 rings (SSSR count).